The highest BCUT2D eigenvalue weighted by Gasteiger charge is 2.53. The standard InChI is InChI=1S/C34H32BrCl2N3O4/c35-29-10-5-4-9-26(29)22-34(33(42)40-38-18-17-23-11-14-27(36)21-30(23)37)31(24-7-2-1-3-8-24)44-32(39-34)25-12-15-28(16-13-25)43-20-6-19-41/h1-5,7-16,21,31,38,41H,6,17-20,22H2,(H,40,42)/t31-,34-/m0/s1. The van der Waals surface area contributed by atoms with Crippen LogP contribution >= 0.6 is 39.1 Å². The number of hydrogen-bond donors (Lipinski definition) is 3. The highest BCUT2D eigenvalue weighted by atomic mass is 79.9. The van der Waals surface area contributed by atoms with Crippen molar-refractivity contribution in [3.05, 3.63) is 134 Å². The van der Waals surface area contributed by atoms with E-state index in [1.807, 2.05) is 84.9 Å². The molecule has 0 saturated carbocycles. The first-order chi connectivity index (χ1) is 21.4. The van der Waals surface area contributed by atoms with Crippen LogP contribution in [0.2, 0.25) is 10.0 Å². The van der Waals surface area contributed by atoms with Crippen LogP contribution in [-0.4, -0.2) is 42.2 Å². The first-order valence-electron chi connectivity index (χ1n) is 14.3. The van der Waals surface area contributed by atoms with Crippen molar-refractivity contribution < 1.29 is 19.4 Å². The average molecular weight is 697 g/mol. The number of halogens is 3. The van der Waals surface area contributed by atoms with E-state index < -0.39 is 11.6 Å². The van der Waals surface area contributed by atoms with E-state index in [2.05, 4.69) is 26.8 Å². The number of aliphatic hydroxyl groups excluding tert-OH is 1. The number of benzene rings is 4. The Morgan fingerprint density at radius 2 is 1.73 bits per heavy atom. The van der Waals surface area contributed by atoms with Gasteiger partial charge in [0, 0.05) is 46.1 Å². The quantitative estimate of drug-likeness (QED) is 0.105. The van der Waals surface area contributed by atoms with Crippen molar-refractivity contribution in [3.8, 4) is 5.75 Å². The minimum absolute atomic E-state index is 0.0645. The summed E-state index contributed by atoms with van der Waals surface area (Å²) in [5, 5.41) is 10.2. The van der Waals surface area contributed by atoms with Gasteiger partial charge in [-0.3, -0.25) is 10.2 Å². The molecule has 1 heterocycles. The van der Waals surface area contributed by atoms with Crippen LogP contribution < -0.4 is 15.6 Å². The smallest absolute Gasteiger partial charge is 0.266 e. The van der Waals surface area contributed by atoms with E-state index in [4.69, 9.17) is 42.8 Å². The Bertz CT molecular complexity index is 1600. The Morgan fingerprint density at radius 3 is 2.45 bits per heavy atom. The minimum atomic E-state index is -1.35. The Hall–Kier alpha value is -3.40. The zero-order valence-corrected chi connectivity index (χ0v) is 26.9. The lowest BCUT2D eigenvalue weighted by Crippen LogP contribution is -2.54. The van der Waals surface area contributed by atoms with Crippen LogP contribution in [0.5, 0.6) is 5.75 Å². The topological polar surface area (TPSA) is 92.2 Å². The third-order valence-electron chi connectivity index (χ3n) is 7.29. The zero-order chi connectivity index (χ0) is 30.9. The third kappa shape index (κ3) is 7.62. The predicted molar refractivity (Wildman–Crippen MR) is 177 cm³/mol. The monoisotopic (exact) mass is 695 g/mol. The predicted octanol–water partition coefficient (Wildman–Crippen LogP) is 6.88. The molecule has 1 aliphatic rings. The van der Waals surface area contributed by atoms with Crippen LogP contribution in [0.3, 0.4) is 0 Å². The van der Waals surface area contributed by atoms with Crippen LogP contribution in [0, 0.1) is 0 Å². The van der Waals surface area contributed by atoms with Gasteiger partial charge in [0.2, 0.25) is 5.90 Å². The number of aliphatic hydroxyl groups is 1. The lowest BCUT2D eigenvalue weighted by molar-refractivity contribution is -0.130. The summed E-state index contributed by atoms with van der Waals surface area (Å²) in [6, 6.07) is 30.2. The van der Waals surface area contributed by atoms with Gasteiger partial charge in [0.25, 0.3) is 5.91 Å². The van der Waals surface area contributed by atoms with E-state index in [1.165, 1.54) is 0 Å². The van der Waals surface area contributed by atoms with Crippen molar-refractivity contribution in [2.75, 3.05) is 19.8 Å². The lowest BCUT2D eigenvalue weighted by atomic mass is 9.82. The second-order valence-electron chi connectivity index (χ2n) is 10.3. The number of nitrogens with one attached hydrogen (secondary N) is 2. The molecule has 228 valence electrons. The Morgan fingerprint density at radius 1 is 0.977 bits per heavy atom. The summed E-state index contributed by atoms with van der Waals surface area (Å²) < 4.78 is 13.1. The fourth-order valence-electron chi connectivity index (χ4n) is 5.01. The van der Waals surface area contributed by atoms with Crippen LogP contribution in [0.25, 0.3) is 0 Å². The number of rotatable bonds is 13. The number of ether oxygens (including phenoxy) is 2. The van der Waals surface area contributed by atoms with Crippen molar-refractivity contribution >= 4 is 50.9 Å². The number of carbonyl (C=O) groups excluding carboxylic acids is 1. The minimum Gasteiger partial charge on any atom is -0.494 e. The maximum atomic E-state index is 14.3. The summed E-state index contributed by atoms with van der Waals surface area (Å²) in [7, 11) is 0. The zero-order valence-electron chi connectivity index (χ0n) is 23.8. The molecule has 0 fully saturated rings. The van der Waals surface area contributed by atoms with Crippen LogP contribution in [0.15, 0.2) is 107 Å². The number of nitrogens with zero attached hydrogens (tertiary/aromatic N) is 1. The molecule has 0 bridgehead atoms. The summed E-state index contributed by atoms with van der Waals surface area (Å²) in [6.45, 7) is 0.911. The van der Waals surface area contributed by atoms with Crippen molar-refractivity contribution in [2.45, 2.75) is 30.9 Å². The molecule has 3 N–H and O–H groups in total. The maximum absolute atomic E-state index is 14.3. The van der Waals surface area contributed by atoms with Crippen molar-refractivity contribution in [1.29, 1.82) is 0 Å². The molecule has 0 saturated heterocycles. The van der Waals surface area contributed by atoms with Crippen LogP contribution in [0.4, 0.5) is 0 Å². The molecule has 0 unspecified atom stereocenters. The Kier molecular flexibility index (Phi) is 11.0. The molecule has 44 heavy (non-hydrogen) atoms. The second-order valence-corrected chi connectivity index (χ2v) is 12.0. The highest BCUT2D eigenvalue weighted by molar-refractivity contribution is 9.10. The summed E-state index contributed by atoms with van der Waals surface area (Å²) in [4.78, 5) is 19.4. The molecule has 0 spiro atoms. The van der Waals surface area contributed by atoms with E-state index in [1.54, 1.807) is 12.1 Å². The normalized spacial score (nSPS) is 17.5. The van der Waals surface area contributed by atoms with Gasteiger partial charge in [-0.15, -0.1) is 0 Å². The van der Waals surface area contributed by atoms with E-state index in [0.717, 1.165) is 21.2 Å². The first kappa shape index (κ1) is 32.0. The summed E-state index contributed by atoms with van der Waals surface area (Å²) in [6.07, 6.45) is 0.687. The van der Waals surface area contributed by atoms with E-state index in [-0.39, 0.29) is 18.9 Å². The molecular weight excluding hydrogens is 665 g/mol. The molecule has 1 aliphatic heterocycles. The molecule has 7 nitrogen and oxygen atoms in total. The SMILES string of the molecule is O=C(NNCCc1ccc(Cl)cc1Cl)[C@@]1(Cc2ccccc2Br)N=C(c2ccc(OCCCO)cc2)O[C@H]1c1ccccc1. The second kappa shape index (κ2) is 15.1. The molecule has 0 aromatic heterocycles. The Labute approximate surface area is 275 Å². The van der Waals surface area contributed by atoms with Gasteiger partial charge in [-0.2, -0.15) is 0 Å². The summed E-state index contributed by atoms with van der Waals surface area (Å²) >= 11 is 16.0. The van der Waals surface area contributed by atoms with E-state index in [0.29, 0.717) is 53.2 Å². The van der Waals surface area contributed by atoms with Gasteiger partial charge in [0.1, 0.15) is 5.75 Å². The molecule has 5 rings (SSSR count). The van der Waals surface area contributed by atoms with Gasteiger partial charge in [-0.05, 0) is 65.6 Å². The largest absolute Gasteiger partial charge is 0.494 e. The van der Waals surface area contributed by atoms with Crippen LogP contribution in [-0.2, 0) is 22.4 Å². The van der Waals surface area contributed by atoms with Gasteiger partial charge in [0.15, 0.2) is 11.6 Å². The maximum Gasteiger partial charge on any atom is 0.266 e. The molecular formula is C34H32BrCl2N3O4. The first-order valence-corrected chi connectivity index (χ1v) is 15.8. The van der Waals surface area contributed by atoms with Crippen molar-refractivity contribution in [2.24, 2.45) is 4.99 Å². The van der Waals surface area contributed by atoms with Crippen LogP contribution in [0.1, 0.15) is 34.8 Å². The van der Waals surface area contributed by atoms with Gasteiger partial charge in [-0.1, -0.05) is 93.7 Å². The molecule has 10 heteroatoms. The van der Waals surface area contributed by atoms with Crippen molar-refractivity contribution in [1.82, 2.24) is 10.9 Å². The molecule has 2 atom stereocenters. The van der Waals surface area contributed by atoms with Crippen molar-refractivity contribution in [3.63, 3.8) is 0 Å². The molecule has 4 aromatic carbocycles. The number of hydrazine groups is 1. The molecule has 4 aromatic rings. The Balaban J connectivity index is 1.46. The van der Waals surface area contributed by atoms with Gasteiger partial charge < -0.3 is 14.6 Å². The number of aliphatic imine (C=N–C) groups is 1. The number of amides is 1. The number of carbonyl (C=O) groups is 1. The van der Waals surface area contributed by atoms with Gasteiger partial charge in [0.05, 0.1) is 6.61 Å². The molecule has 0 radical (unpaired) electrons. The average Bonchev–Trinajstić information content (AvgIpc) is 3.42. The fraction of sp³-hybridized carbons (Fsp3) is 0.235. The highest BCUT2D eigenvalue weighted by Crippen LogP contribution is 2.43. The summed E-state index contributed by atoms with van der Waals surface area (Å²) in [5.74, 6) is 0.696. The lowest BCUT2D eigenvalue weighted by Gasteiger charge is -2.31. The summed E-state index contributed by atoms with van der Waals surface area (Å²) in [5.41, 5.74) is 8.01. The fourth-order valence-corrected chi connectivity index (χ4v) is 5.94. The molecule has 1 amide bonds. The van der Waals surface area contributed by atoms with E-state index in [9.17, 15) is 4.79 Å². The number of hydrogen-bond acceptors (Lipinski definition) is 6. The third-order valence-corrected chi connectivity index (χ3v) is 8.65. The van der Waals surface area contributed by atoms with Gasteiger partial charge >= 0.3 is 0 Å². The molecule has 0 aliphatic carbocycles. The van der Waals surface area contributed by atoms with Gasteiger partial charge in [-0.25, -0.2) is 10.4 Å². The van der Waals surface area contributed by atoms with E-state index >= 15 is 0 Å².